The Balaban J connectivity index is 2.17. The van der Waals surface area contributed by atoms with Gasteiger partial charge in [0, 0.05) is 5.69 Å². The molecule has 7 heteroatoms. The number of sulfonamides is 1. The van der Waals surface area contributed by atoms with E-state index in [9.17, 15) is 8.42 Å². The van der Waals surface area contributed by atoms with E-state index in [1.54, 1.807) is 30.3 Å². The smallest absolute Gasteiger partial charge is 0.236 e. The maximum absolute atomic E-state index is 12.0. The second kappa shape index (κ2) is 5.91. The average Bonchev–Trinajstić information content (AvgIpc) is 2.33. The molecule has 0 aliphatic carbocycles. The van der Waals surface area contributed by atoms with Crippen LogP contribution in [-0.2, 0) is 15.8 Å². The van der Waals surface area contributed by atoms with Crippen LogP contribution in [0.1, 0.15) is 5.56 Å². The molecule has 0 saturated heterocycles. The van der Waals surface area contributed by atoms with Gasteiger partial charge in [-0.1, -0.05) is 35.3 Å². The predicted molar refractivity (Wildman–Crippen MR) is 83.6 cm³/mol. The molecular weight excluding hydrogens is 319 g/mol. The molecule has 106 valence electrons. The Morgan fingerprint density at radius 3 is 2.45 bits per heavy atom. The summed E-state index contributed by atoms with van der Waals surface area (Å²) in [6, 6.07) is 11.3. The maximum Gasteiger partial charge on any atom is 0.236 e. The van der Waals surface area contributed by atoms with Gasteiger partial charge in [0.05, 0.1) is 21.5 Å². The molecule has 2 aromatic carbocycles. The topological polar surface area (TPSA) is 72.2 Å². The Morgan fingerprint density at radius 1 is 1.05 bits per heavy atom. The fourth-order valence-corrected chi connectivity index (χ4v) is 3.15. The standard InChI is InChI=1S/C13H12Cl2N2O2S/c14-12-5-4-11(7-13(12)15)17-20(18,19)8-9-2-1-3-10(16)6-9/h1-7,17H,8,16H2. The van der Waals surface area contributed by atoms with E-state index in [4.69, 9.17) is 28.9 Å². The van der Waals surface area contributed by atoms with E-state index in [2.05, 4.69) is 4.72 Å². The van der Waals surface area contributed by atoms with Crippen molar-refractivity contribution in [3.63, 3.8) is 0 Å². The summed E-state index contributed by atoms with van der Waals surface area (Å²) in [6.45, 7) is 0. The van der Waals surface area contributed by atoms with Crippen LogP contribution in [0.2, 0.25) is 10.0 Å². The Kier molecular flexibility index (Phi) is 4.42. The van der Waals surface area contributed by atoms with Crippen LogP contribution in [0.5, 0.6) is 0 Å². The van der Waals surface area contributed by atoms with E-state index in [-0.39, 0.29) is 10.8 Å². The summed E-state index contributed by atoms with van der Waals surface area (Å²) in [5.74, 6) is -0.168. The lowest BCUT2D eigenvalue weighted by atomic mass is 10.2. The van der Waals surface area contributed by atoms with Gasteiger partial charge in [0.15, 0.2) is 0 Å². The third kappa shape index (κ3) is 4.03. The van der Waals surface area contributed by atoms with Crippen molar-refractivity contribution in [3.8, 4) is 0 Å². The molecule has 0 bridgehead atoms. The van der Waals surface area contributed by atoms with E-state index < -0.39 is 10.0 Å². The Hall–Kier alpha value is -1.43. The molecule has 0 radical (unpaired) electrons. The lowest BCUT2D eigenvalue weighted by Gasteiger charge is -2.09. The van der Waals surface area contributed by atoms with E-state index in [1.807, 2.05) is 0 Å². The van der Waals surface area contributed by atoms with E-state index in [0.29, 0.717) is 22.0 Å². The number of nitrogens with one attached hydrogen (secondary N) is 1. The van der Waals surface area contributed by atoms with Gasteiger partial charge in [0.1, 0.15) is 0 Å². The number of benzene rings is 2. The van der Waals surface area contributed by atoms with Crippen LogP contribution in [0.4, 0.5) is 11.4 Å². The molecule has 20 heavy (non-hydrogen) atoms. The lowest BCUT2D eigenvalue weighted by Crippen LogP contribution is -2.15. The highest BCUT2D eigenvalue weighted by atomic mass is 35.5. The van der Waals surface area contributed by atoms with E-state index >= 15 is 0 Å². The molecule has 0 atom stereocenters. The number of anilines is 2. The van der Waals surface area contributed by atoms with Gasteiger partial charge in [-0.3, -0.25) is 4.72 Å². The van der Waals surface area contributed by atoms with Crippen molar-refractivity contribution in [1.82, 2.24) is 0 Å². The molecular formula is C13H12Cl2N2O2S. The van der Waals surface area contributed by atoms with Crippen LogP contribution in [0.15, 0.2) is 42.5 Å². The van der Waals surface area contributed by atoms with E-state index in [0.717, 1.165) is 0 Å². The molecule has 0 heterocycles. The molecule has 0 saturated carbocycles. The van der Waals surface area contributed by atoms with Gasteiger partial charge in [-0.05, 0) is 35.9 Å². The fraction of sp³-hybridized carbons (Fsp3) is 0.0769. The summed E-state index contributed by atoms with van der Waals surface area (Å²) in [4.78, 5) is 0. The van der Waals surface area contributed by atoms with Crippen LogP contribution >= 0.6 is 23.2 Å². The van der Waals surface area contributed by atoms with Crippen LogP contribution < -0.4 is 10.5 Å². The molecule has 0 unspecified atom stereocenters. The normalized spacial score (nSPS) is 11.3. The molecule has 0 aliphatic heterocycles. The Bertz CT molecular complexity index is 733. The second-order valence-corrected chi connectivity index (χ2v) is 6.77. The third-order valence-corrected chi connectivity index (χ3v) is 4.50. The number of hydrogen-bond acceptors (Lipinski definition) is 3. The monoisotopic (exact) mass is 330 g/mol. The number of nitrogens with two attached hydrogens (primary N) is 1. The van der Waals surface area contributed by atoms with Crippen molar-refractivity contribution < 1.29 is 8.42 Å². The second-order valence-electron chi connectivity index (χ2n) is 4.24. The van der Waals surface area contributed by atoms with Gasteiger partial charge in [-0.2, -0.15) is 0 Å². The molecule has 0 aliphatic rings. The van der Waals surface area contributed by atoms with Crippen molar-refractivity contribution in [2.75, 3.05) is 10.5 Å². The Labute approximate surface area is 127 Å². The minimum atomic E-state index is -3.54. The third-order valence-electron chi connectivity index (χ3n) is 2.50. The predicted octanol–water partition coefficient (Wildman–Crippen LogP) is 3.52. The van der Waals surface area contributed by atoms with Crippen molar-refractivity contribution in [1.29, 1.82) is 0 Å². The summed E-state index contributed by atoms with van der Waals surface area (Å²) in [7, 11) is -3.54. The van der Waals surface area contributed by atoms with Crippen molar-refractivity contribution >= 4 is 44.6 Å². The minimum absolute atomic E-state index is 0.168. The average molecular weight is 331 g/mol. The zero-order chi connectivity index (χ0) is 14.8. The lowest BCUT2D eigenvalue weighted by molar-refractivity contribution is 0.600. The van der Waals surface area contributed by atoms with Crippen molar-refractivity contribution in [3.05, 3.63) is 58.1 Å². The first-order chi connectivity index (χ1) is 9.35. The van der Waals surface area contributed by atoms with Gasteiger partial charge in [0.25, 0.3) is 0 Å². The molecule has 3 N–H and O–H groups in total. The molecule has 0 spiro atoms. The Morgan fingerprint density at radius 2 is 1.80 bits per heavy atom. The summed E-state index contributed by atoms with van der Waals surface area (Å²) in [5.41, 5.74) is 7.11. The zero-order valence-corrected chi connectivity index (χ0v) is 12.6. The largest absolute Gasteiger partial charge is 0.399 e. The molecule has 2 aromatic rings. The minimum Gasteiger partial charge on any atom is -0.399 e. The first kappa shape index (κ1) is 15.0. The molecule has 2 rings (SSSR count). The van der Waals surface area contributed by atoms with Crippen LogP contribution in [-0.4, -0.2) is 8.42 Å². The van der Waals surface area contributed by atoms with Crippen LogP contribution in [0.25, 0.3) is 0 Å². The van der Waals surface area contributed by atoms with Crippen molar-refractivity contribution in [2.45, 2.75) is 5.75 Å². The molecule has 0 fully saturated rings. The molecule has 4 nitrogen and oxygen atoms in total. The quantitative estimate of drug-likeness (QED) is 0.842. The highest BCUT2D eigenvalue weighted by Crippen LogP contribution is 2.26. The van der Waals surface area contributed by atoms with Gasteiger partial charge < -0.3 is 5.73 Å². The zero-order valence-electron chi connectivity index (χ0n) is 10.3. The highest BCUT2D eigenvalue weighted by Gasteiger charge is 2.12. The van der Waals surface area contributed by atoms with Gasteiger partial charge in [0.2, 0.25) is 10.0 Å². The SMILES string of the molecule is Nc1cccc(CS(=O)(=O)Nc2ccc(Cl)c(Cl)c2)c1. The summed E-state index contributed by atoms with van der Waals surface area (Å²) < 4.78 is 26.5. The number of hydrogen-bond donors (Lipinski definition) is 2. The summed E-state index contributed by atoms with van der Waals surface area (Å²) >= 11 is 11.6. The van der Waals surface area contributed by atoms with Crippen molar-refractivity contribution in [2.24, 2.45) is 0 Å². The molecule has 0 aromatic heterocycles. The number of nitrogen functional groups attached to an aromatic ring is 1. The number of rotatable bonds is 4. The maximum atomic E-state index is 12.0. The van der Waals surface area contributed by atoms with E-state index in [1.165, 1.54) is 12.1 Å². The van der Waals surface area contributed by atoms with Crippen LogP contribution in [0.3, 0.4) is 0 Å². The molecule has 0 amide bonds. The van der Waals surface area contributed by atoms with Gasteiger partial charge in [-0.25, -0.2) is 8.42 Å². The first-order valence-electron chi connectivity index (χ1n) is 5.66. The summed E-state index contributed by atoms with van der Waals surface area (Å²) in [5, 5.41) is 0.654. The summed E-state index contributed by atoms with van der Waals surface area (Å²) in [6.07, 6.45) is 0. The number of halogens is 2. The highest BCUT2D eigenvalue weighted by molar-refractivity contribution is 7.91. The fourth-order valence-electron chi connectivity index (χ4n) is 1.68. The van der Waals surface area contributed by atoms with Gasteiger partial charge in [-0.15, -0.1) is 0 Å². The van der Waals surface area contributed by atoms with Crippen LogP contribution in [0, 0.1) is 0 Å². The van der Waals surface area contributed by atoms with Gasteiger partial charge >= 0.3 is 0 Å². The first-order valence-corrected chi connectivity index (χ1v) is 8.06.